The Bertz CT molecular complexity index is 835. The summed E-state index contributed by atoms with van der Waals surface area (Å²) in [5, 5.41) is 8.53. The summed E-state index contributed by atoms with van der Waals surface area (Å²) in [7, 11) is 0. The Hall–Kier alpha value is -3.35. The number of fused-ring (bicyclic) bond motifs is 1. The lowest BCUT2D eigenvalue weighted by Gasteiger charge is -2.26. The zero-order valence-electron chi connectivity index (χ0n) is 13.5. The maximum atomic E-state index is 12.2. The lowest BCUT2D eigenvalue weighted by Crippen LogP contribution is -2.41. The van der Waals surface area contributed by atoms with Gasteiger partial charge in [-0.25, -0.2) is 0 Å². The molecule has 0 aliphatic carbocycles. The van der Waals surface area contributed by atoms with Gasteiger partial charge in [0.05, 0.1) is 17.8 Å². The first-order chi connectivity index (χ1) is 12.0. The molecular formula is C18H17N3O4. The second-order valence-corrected chi connectivity index (χ2v) is 5.61. The number of ether oxygens (including phenoxy) is 1. The predicted molar refractivity (Wildman–Crippen MR) is 93.5 cm³/mol. The summed E-state index contributed by atoms with van der Waals surface area (Å²) in [5.74, 6) is -0.687. The van der Waals surface area contributed by atoms with E-state index in [0.29, 0.717) is 17.1 Å². The molecule has 0 radical (unpaired) electrons. The highest BCUT2D eigenvalue weighted by Gasteiger charge is 2.27. The molecule has 1 atom stereocenters. The van der Waals surface area contributed by atoms with Gasteiger partial charge in [-0.05, 0) is 24.3 Å². The van der Waals surface area contributed by atoms with Gasteiger partial charge in [-0.1, -0.05) is 18.2 Å². The minimum atomic E-state index is -0.661. The van der Waals surface area contributed by atoms with Crippen molar-refractivity contribution in [3.63, 3.8) is 0 Å². The SMILES string of the molecule is CC(=O)Oc1cccc(NC(=O)C[C@H]2Nc3ccccc3NC2=O)c1. The normalized spacial score (nSPS) is 15.4. The number of anilines is 3. The highest BCUT2D eigenvalue weighted by Crippen LogP contribution is 2.27. The summed E-state index contributed by atoms with van der Waals surface area (Å²) in [6, 6.07) is 13.1. The summed E-state index contributed by atoms with van der Waals surface area (Å²) in [6.45, 7) is 1.30. The van der Waals surface area contributed by atoms with Crippen LogP contribution in [0, 0.1) is 0 Å². The fourth-order valence-electron chi connectivity index (χ4n) is 2.54. The molecule has 0 aromatic heterocycles. The predicted octanol–water partition coefficient (Wildman–Crippen LogP) is 2.37. The molecule has 3 N–H and O–H groups in total. The maximum Gasteiger partial charge on any atom is 0.308 e. The van der Waals surface area contributed by atoms with E-state index in [1.54, 1.807) is 30.3 Å². The van der Waals surface area contributed by atoms with Crippen molar-refractivity contribution >= 4 is 34.8 Å². The second kappa shape index (κ2) is 7.04. The summed E-state index contributed by atoms with van der Waals surface area (Å²) in [5.41, 5.74) is 1.95. The summed E-state index contributed by atoms with van der Waals surface area (Å²) < 4.78 is 4.98. The summed E-state index contributed by atoms with van der Waals surface area (Å²) in [4.78, 5) is 35.3. The van der Waals surface area contributed by atoms with E-state index in [0.717, 1.165) is 5.69 Å². The molecule has 2 amide bonds. The molecule has 0 spiro atoms. The third kappa shape index (κ3) is 4.14. The standard InChI is InChI=1S/C18H17N3O4/c1-11(22)25-13-6-4-5-12(9-13)19-17(23)10-16-18(24)21-15-8-3-2-7-14(15)20-16/h2-9,16,20H,10H2,1H3,(H,19,23)(H,21,24)/t16-/m1/s1. The molecule has 1 aliphatic rings. The van der Waals surface area contributed by atoms with Gasteiger partial charge in [0.1, 0.15) is 11.8 Å². The van der Waals surface area contributed by atoms with Crippen LogP contribution in [0.3, 0.4) is 0 Å². The van der Waals surface area contributed by atoms with E-state index in [1.807, 2.05) is 18.2 Å². The number of esters is 1. The molecule has 2 aromatic rings. The van der Waals surface area contributed by atoms with Crippen LogP contribution < -0.4 is 20.7 Å². The first-order valence-corrected chi connectivity index (χ1v) is 7.76. The van der Waals surface area contributed by atoms with Crippen molar-refractivity contribution in [2.24, 2.45) is 0 Å². The number of benzene rings is 2. The van der Waals surface area contributed by atoms with Crippen LogP contribution in [0.15, 0.2) is 48.5 Å². The number of rotatable bonds is 4. The minimum Gasteiger partial charge on any atom is -0.427 e. The van der Waals surface area contributed by atoms with Gasteiger partial charge in [-0.15, -0.1) is 0 Å². The number of hydrogen-bond donors (Lipinski definition) is 3. The monoisotopic (exact) mass is 339 g/mol. The van der Waals surface area contributed by atoms with Crippen LogP contribution in [0.25, 0.3) is 0 Å². The Morgan fingerprint density at radius 2 is 1.88 bits per heavy atom. The van der Waals surface area contributed by atoms with E-state index >= 15 is 0 Å². The molecule has 7 nitrogen and oxygen atoms in total. The van der Waals surface area contributed by atoms with Crippen molar-refractivity contribution in [2.75, 3.05) is 16.0 Å². The molecule has 0 saturated carbocycles. The molecule has 1 heterocycles. The van der Waals surface area contributed by atoms with Crippen molar-refractivity contribution in [2.45, 2.75) is 19.4 Å². The van der Waals surface area contributed by atoms with Crippen molar-refractivity contribution in [3.8, 4) is 5.75 Å². The molecule has 2 aromatic carbocycles. The van der Waals surface area contributed by atoms with E-state index in [2.05, 4.69) is 16.0 Å². The summed E-state index contributed by atoms with van der Waals surface area (Å²) in [6.07, 6.45) is -0.0298. The topological polar surface area (TPSA) is 96.5 Å². The van der Waals surface area contributed by atoms with Crippen molar-refractivity contribution in [3.05, 3.63) is 48.5 Å². The molecule has 0 bridgehead atoms. The third-order valence-electron chi connectivity index (χ3n) is 3.60. The van der Waals surface area contributed by atoms with E-state index in [4.69, 9.17) is 4.74 Å². The van der Waals surface area contributed by atoms with Crippen molar-refractivity contribution in [1.29, 1.82) is 0 Å². The van der Waals surface area contributed by atoms with E-state index in [-0.39, 0.29) is 18.2 Å². The number of hydrogen-bond acceptors (Lipinski definition) is 5. The quantitative estimate of drug-likeness (QED) is 0.587. The van der Waals surface area contributed by atoms with E-state index in [1.165, 1.54) is 6.92 Å². The Kier molecular flexibility index (Phi) is 4.65. The van der Waals surface area contributed by atoms with Crippen LogP contribution in [-0.4, -0.2) is 23.8 Å². The molecule has 0 fully saturated rings. The van der Waals surface area contributed by atoms with Gasteiger partial charge in [-0.2, -0.15) is 0 Å². The minimum absolute atomic E-state index is 0.0298. The first kappa shape index (κ1) is 16.5. The number of para-hydroxylation sites is 2. The molecule has 0 unspecified atom stereocenters. The molecule has 1 aliphatic heterocycles. The largest absolute Gasteiger partial charge is 0.427 e. The van der Waals surface area contributed by atoms with E-state index in [9.17, 15) is 14.4 Å². The van der Waals surface area contributed by atoms with Gasteiger partial charge in [0, 0.05) is 18.7 Å². The number of nitrogens with one attached hydrogen (secondary N) is 3. The van der Waals surface area contributed by atoms with Gasteiger partial charge in [0.25, 0.3) is 0 Å². The van der Waals surface area contributed by atoms with Crippen LogP contribution in [0.5, 0.6) is 5.75 Å². The van der Waals surface area contributed by atoms with E-state index < -0.39 is 12.0 Å². The van der Waals surface area contributed by atoms with Gasteiger partial charge >= 0.3 is 5.97 Å². The zero-order chi connectivity index (χ0) is 17.8. The lowest BCUT2D eigenvalue weighted by molar-refractivity contribution is -0.131. The van der Waals surface area contributed by atoms with Crippen LogP contribution >= 0.6 is 0 Å². The third-order valence-corrected chi connectivity index (χ3v) is 3.60. The fourth-order valence-corrected chi connectivity index (χ4v) is 2.54. The molecule has 0 saturated heterocycles. The Labute approximate surface area is 144 Å². The average molecular weight is 339 g/mol. The molecule has 3 rings (SSSR count). The van der Waals surface area contributed by atoms with Gasteiger partial charge in [-0.3, -0.25) is 14.4 Å². The van der Waals surface area contributed by atoms with Gasteiger partial charge < -0.3 is 20.7 Å². The zero-order valence-corrected chi connectivity index (χ0v) is 13.5. The first-order valence-electron chi connectivity index (χ1n) is 7.76. The van der Waals surface area contributed by atoms with Crippen LogP contribution in [0.2, 0.25) is 0 Å². The highest BCUT2D eigenvalue weighted by molar-refractivity contribution is 6.06. The van der Waals surface area contributed by atoms with Crippen molar-refractivity contribution in [1.82, 2.24) is 0 Å². The number of carbonyl (C=O) groups excluding carboxylic acids is 3. The highest BCUT2D eigenvalue weighted by atomic mass is 16.5. The average Bonchev–Trinajstić information content (AvgIpc) is 2.55. The van der Waals surface area contributed by atoms with Gasteiger partial charge in [0.15, 0.2) is 0 Å². The molecule has 25 heavy (non-hydrogen) atoms. The Morgan fingerprint density at radius 1 is 1.12 bits per heavy atom. The van der Waals surface area contributed by atoms with Crippen LogP contribution in [0.1, 0.15) is 13.3 Å². The van der Waals surface area contributed by atoms with Crippen molar-refractivity contribution < 1.29 is 19.1 Å². The number of amides is 2. The molecule has 128 valence electrons. The van der Waals surface area contributed by atoms with Crippen LogP contribution in [-0.2, 0) is 14.4 Å². The second-order valence-electron chi connectivity index (χ2n) is 5.61. The Morgan fingerprint density at radius 3 is 2.64 bits per heavy atom. The maximum absolute atomic E-state index is 12.2. The lowest BCUT2D eigenvalue weighted by atomic mass is 10.1. The Balaban J connectivity index is 1.63. The number of carbonyl (C=O) groups is 3. The molecular weight excluding hydrogens is 322 g/mol. The van der Waals surface area contributed by atoms with Gasteiger partial charge in [0.2, 0.25) is 11.8 Å². The summed E-state index contributed by atoms with van der Waals surface area (Å²) >= 11 is 0. The molecule has 7 heteroatoms. The fraction of sp³-hybridized carbons (Fsp3) is 0.167. The smallest absolute Gasteiger partial charge is 0.308 e. The van der Waals surface area contributed by atoms with Crippen LogP contribution in [0.4, 0.5) is 17.1 Å².